The van der Waals surface area contributed by atoms with E-state index in [9.17, 15) is 13.2 Å². The molecule has 1 atom stereocenters. The number of anilines is 1. The van der Waals surface area contributed by atoms with Crippen molar-refractivity contribution in [1.29, 1.82) is 0 Å². The third-order valence-electron chi connectivity index (χ3n) is 4.79. The molecular formula is C21H23NO4S. The molecule has 2 aromatic rings. The van der Waals surface area contributed by atoms with Crippen molar-refractivity contribution in [2.45, 2.75) is 26.3 Å². The Bertz CT molecular complexity index is 978. The van der Waals surface area contributed by atoms with E-state index >= 15 is 0 Å². The quantitative estimate of drug-likeness (QED) is 0.793. The number of methoxy groups -OCH3 is 1. The zero-order chi connectivity index (χ0) is 19.6. The van der Waals surface area contributed by atoms with Crippen molar-refractivity contribution in [2.75, 3.05) is 17.8 Å². The first-order chi connectivity index (χ1) is 12.8. The number of rotatable bonds is 5. The second kappa shape index (κ2) is 7.56. The van der Waals surface area contributed by atoms with Gasteiger partial charge >= 0.3 is 0 Å². The molecule has 3 rings (SSSR count). The van der Waals surface area contributed by atoms with Crippen LogP contribution in [0.1, 0.15) is 16.7 Å². The van der Waals surface area contributed by atoms with Crippen molar-refractivity contribution in [2.24, 2.45) is 0 Å². The molecule has 1 heterocycles. The van der Waals surface area contributed by atoms with Gasteiger partial charge in [-0.25, -0.2) is 8.42 Å². The summed E-state index contributed by atoms with van der Waals surface area (Å²) in [4.78, 5) is 14.7. The van der Waals surface area contributed by atoms with Gasteiger partial charge in [0, 0.05) is 11.1 Å². The average molecular weight is 385 g/mol. The molecule has 0 saturated heterocycles. The molecule has 0 radical (unpaired) electrons. The zero-order valence-electron chi connectivity index (χ0n) is 15.7. The number of sulfone groups is 1. The maximum Gasteiger partial charge on any atom is 0.231 e. The lowest BCUT2D eigenvalue weighted by molar-refractivity contribution is -0.118. The molecule has 1 amide bonds. The zero-order valence-corrected chi connectivity index (χ0v) is 16.5. The molecule has 0 saturated carbocycles. The third kappa shape index (κ3) is 4.39. The Balaban J connectivity index is 1.91. The Kier molecular flexibility index (Phi) is 5.37. The predicted molar refractivity (Wildman–Crippen MR) is 107 cm³/mol. The van der Waals surface area contributed by atoms with Gasteiger partial charge in [-0.05, 0) is 60.9 Å². The summed E-state index contributed by atoms with van der Waals surface area (Å²) >= 11 is 0. The number of hydrogen-bond acceptors (Lipinski definition) is 4. The van der Waals surface area contributed by atoms with Gasteiger partial charge in [0.05, 0.1) is 25.3 Å². The molecule has 0 bridgehead atoms. The topological polar surface area (TPSA) is 63.7 Å². The molecule has 1 aliphatic heterocycles. The van der Waals surface area contributed by atoms with Gasteiger partial charge in [-0.15, -0.1) is 0 Å². The smallest absolute Gasteiger partial charge is 0.231 e. The predicted octanol–water partition coefficient (Wildman–Crippen LogP) is 3.20. The minimum absolute atomic E-state index is 0.0890. The molecule has 1 aliphatic rings. The van der Waals surface area contributed by atoms with E-state index < -0.39 is 15.9 Å². The molecule has 6 heteroatoms. The van der Waals surface area contributed by atoms with E-state index in [1.165, 1.54) is 5.41 Å². The monoisotopic (exact) mass is 385 g/mol. The minimum Gasteiger partial charge on any atom is -0.497 e. The van der Waals surface area contributed by atoms with E-state index in [0.29, 0.717) is 5.69 Å². The van der Waals surface area contributed by atoms with Gasteiger partial charge < -0.3 is 9.64 Å². The number of carbonyl (C=O) groups is 1. The molecule has 0 fully saturated rings. The largest absolute Gasteiger partial charge is 0.497 e. The van der Waals surface area contributed by atoms with E-state index in [0.717, 1.165) is 22.4 Å². The summed E-state index contributed by atoms with van der Waals surface area (Å²) in [6, 6.07) is 12.6. The molecule has 0 N–H and O–H groups in total. The van der Waals surface area contributed by atoms with Crippen molar-refractivity contribution < 1.29 is 17.9 Å². The Hall–Kier alpha value is -2.60. The molecule has 2 aromatic carbocycles. The van der Waals surface area contributed by atoms with Crippen LogP contribution in [0.25, 0.3) is 0 Å². The second-order valence-corrected chi connectivity index (χ2v) is 8.71. The van der Waals surface area contributed by atoms with Crippen molar-refractivity contribution >= 4 is 21.4 Å². The molecular weight excluding hydrogens is 362 g/mol. The Morgan fingerprint density at radius 2 is 1.81 bits per heavy atom. The van der Waals surface area contributed by atoms with Crippen molar-refractivity contribution in [3.05, 3.63) is 70.6 Å². The molecule has 0 unspecified atom stereocenters. The van der Waals surface area contributed by atoms with Crippen LogP contribution in [0, 0.1) is 13.8 Å². The highest BCUT2D eigenvalue weighted by atomic mass is 32.2. The number of hydrogen-bond donors (Lipinski definition) is 0. The Labute approximate surface area is 160 Å². The molecule has 0 aromatic heterocycles. The van der Waals surface area contributed by atoms with Crippen LogP contribution < -0.4 is 9.64 Å². The molecule has 0 spiro atoms. The maximum atomic E-state index is 13.1. The van der Waals surface area contributed by atoms with E-state index in [-0.39, 0.29) is 18.1 Å². The van der Waals surface area contributed by atoms with Crippen LogP contribution in [0.5, 0.6) is 5.75 Å². The van der Waals surface area contributed by atoms with E-state index in [1.807, 2.05) is 56.3 Å². The van der Waals surface area contributed by atoms with Crippen LogP contribution in [-0.2, 0) is 21.1 Å². The van der Waals surface area contributed by atoms with Gasteiger partial charge in [0.15, 0.2) is 9.84 Å². The SMILES string of the molecule is COc1ccc(CC(=O)N(c2ccc(C)c(C)c2)[C@H]2C=CS(=O)(=O)C2)cc1. The molecule has 142 valence electrons. The van der Waals surface area contributed by atoms with E-state index in [2.05, 4.69) is 0 Å². The number of benzene rings is 2. The lowest BCUT2D eigenvalue weighted by Crippen LogP contribution is -2.42. The Morgan fingerprint density at radius 3 is 2.37 bits per heavy atom. The van der Waals surface area contributed by atoms with Crippen molar-refractivity contribution in [1.82, 2.24) is 0 Å². The van der Waals surface area contributed by atoms with Crippen LogP contribution in [-0.4, -0.2) is 33.2 Å². The number of ether oxygens (including phenoxy) is 1. The van der Waals surface area contributed by atoms with Crippen LogP contribution in [0.2, 0.25) is 0 Å². The first-order valence-corrected chi connectivity index (χ1v) is 10.4. The summed E-state index contributed by atoms with van der Waals surface area (Å²) in [6.45, 7) is 3.98. The summed E-state index contributed by atoms with van der Waals surface area (Å²) in [5.74, 6) is 0.492. The lowest BCUT2D eigenvalue weighted by Gasteiger charge is -2.28. The van der Waals surface area contributed by atoms with Crippen LogP contribution in [0.4, 0.5) is 5.69 Å². The van der Waals surface area contributed by atoms with Crippen LogP contribution >= 0.6 is 0 Å². The summed E-state index contributed by atoms with van der Waals surface area (Å²) in [5.41, 5.74) is 3.73. The van der Waals surface area contributed by atoms with Gasteiger partial charge in [0.1, 0.15) is 5.75 Å². The average Bonchev–Trinajstić information content (AvgIpc) is 2.98. The van der Waals surface area contributed by atoms with Gasteiger partial charge in [-0.3, -0.25) is 4.79 Å². The van der Waals surface area contributed by atoms with Gasteiger partial charge in [-0.1, -0.05) is 18.2 Å². The highest BCUT2D eigenvalue weighted by Gasteiger charge is 2.31. The van der Waals surface area contributed by atoms with E-state index in [4.69, 9.17) is 4.74 Å². The minimum atomic E-state index is -3.27. The number of carbonyl (C=O) groups excluding carboxylic acids is 1. The van der Waals surface area contributed by atoms with Crippen LogP contribution in [0.15, 0.2) is 53.9 Å². The number of nitrogens with zero attached hydrogens (tertiary/aromatic N) is 1. The lowest BCUT2D eigenvalue weighted by atomic mass is 10.1. The van der Waals surface area contributed by atoms with Crippen molar-refractivity contribution in [3.8, 4) is 5.75 Å². The molecule has 0 aliphatic carbocycles. The standard InChI is InChI=1S/C21H23NO4S/c1-15-4-7-18(12-16(15)2)22(19-10-11-27(24,25)14-19)21(23)13-17-5-8-20(26-3)9-6-17/h4-12,19H,13-14H2,1-3H3/t19-/m0/s1. The fraction of sp³-hybridized carbons (Fsp3) is 0.286. The maximum absolute atomic E-state index is 13.1. The van der Waals surface area contributed by atoms with Crippen molar-refractivity contribution in [3.63, 3.8) is 0 Å². The fourth-order valence-electron chi connectivity index (χ4n) is 3.12. The van der Waals surface area contributed by atoms with Gasteiger partial charge in [0.25, 0.3) is 0 Å². The van der Waals surface area contributed by atoms with Crippen LogP contribution in [0.3, 0.4) is 0 Å². The fourth-order valence-corrected chi connectivity index (χ4v) is 4.39. The van der Waals surface area contributed by atoms with Gasteiger partial charge in [0.2, 0.25) is 5.91 Å². The summed E-state index contributed by atoms with van der Waals surface area (Å²) < 4.78 is 29.0. The third-order valence-corrected chi connectivity index (χ3v) is 6.17. The van der Waals surface area contributed by atoms with E-state index in [1.54, 1.807) is 18.1 Å². The molecule has 5 nitrogen and oxygen atoms in total. The summed E-state index contributed by atoms with van der Waals surface area (Å²) in [5, 5.41) is 1.20. The highest BCUT2D eigenvalue weighted by molar-refractivity contribution is 7.94. The summed E-state index contributed by atoms with van der Waals surface area (Å²) in [6.07, 6.45) is 1.78. The first-order valence-electron chi connectivity index (χ1n) is 8.72. The number of aryl methyl sites for hydroxylation is 2. The number of amides is 1. The first kappa shape index (κ1) is 19.2. The second-order valence-electron chi connectivity index (χ2n) is 6.78. The van der Waals surface area contributed by atoms with Gasteiger partial charge in [-0.2, -0.15) is 0 Å². The molecule has 27 heavy (non-hydrogen) atoms. The Morgan fingerprint density at radius 1 is 1.11 bits per heavy atom. The normalized spacial score (nSPS) is 17.7. The highest BCUT2D eigenvalue weighted by Crippen LogP contribution is 2.26. The summed E-state index contributed by atoms with van der Waals surface area (Å²) in [7, 11) is -1.68.